The molecule has 8 amide bonds. The normalized spacial score (nSPS) is 12.3. The molecule has 0 aliphatic carbocycles. The summed E-state index contributed by atoms with van der Waals surface area (Å²) in [6.07, 6.45) is 3.50. The lowest BCUT2D eigenvalue weighted by Crippen LogP contribution is -2.45. The highest BCUT2D eigenvalue weighted by Crippen LogP contribution is 2.58. The molecule has 118 heavy (non-hydrogen) atoms. The van der Waals surface area contributed by atoms with Gasteiger partial charge in [0, 0.05) is 102 Å². The molecule has 0 radical (unpaired) electrons. The van der Waals surface area contributed by atoms with Crippen LogP contribution in [0.3, 0.4) is 0 Å². The van der Waals surface area contributed by atoms with E-state index in [2.05, 4.69) is 47.6 Å². The number of Topliss-reactive ketones (excluding diaryl/α,β-unsaturated/α-hetero) is 2. The number of hydrogen-bond acceptors (Lipinski definition) is 14. The molecule has 0 unspecified atom stereocenters. The quantitative estimate of drug-likeness (QED) is 0.0132. The van der Waals surface area contributed by atoms with Crippen LogP contribution in [0.2, 0.25) is 0 Å². The first-order valence-corrected chi connectivity index (χ1v) is 38.9. The summed E-state index contributed by atoms with van der Waals surface area (Å²) < 4.78 is 29.1. The first-order chi connectivity index (χ1) is 56.9. The van der Waals surface area contributed by atoms with E-state index >= 15 is 19.2 Å². The minimum atomic E-state index is -0.873. The number of ether oxygens (including phenoxy) is 4. The van der Waals surface area contributed by atoms with Gasteiger partial charge in [-0.1, -0.05) is 148 Å². The summed E-state index contributed by atoms with van der Waals surface area (Å²) in [5, 5.41) is 16.1. The molecule has 13 aromatic carbocycles. The SMILES string of the molecule is C=C(C)C(=O)CCCc1ccc(Oc2cc3c4c(cc(Oc5ccc(CCCC(=O)C(=C)C)cc5)c5c6c(Oc7ccc(CCNC(=O)C(=C)C)cc7)cc7c8c(cc(Oc9ccc(CCNC(=O)C(=C)C)cc9)c(c2c45)c86)C(=O)N(CC(=O)Nc2cccc4ccccc24)C7=O)C(=O)N(CC(=O)Nc2cccc4ccccc24)C3=O)cc1. The molecular formula is C98H82N6O14. The molecule has 0 saturated heterocycles. The van der Waals surface area contributed by atoms with Crippen LogP contribution in [0.15, 0.2) is 255 Å². The molecule has 13 aromatic rings. The molecule has 0 saturated carbocycles. The van der Waals surface area contributed by atoms with Crippen LogP contribution in [0.25, 0.3) is 64.6 Å². The average Bonchev–Trinajstić information content (AvgIpc) is 0.671. The Bertz CT molecular complexity index is 5740. The Morgan fingerprint density at radius 3 is 0.915 bits per heavy atom. The van der Waals surface area contributed by atoms with Gasteiger partial charge < -0.3 is 40.2 Å². The van der Waals surface area contributed by atoms with E-state index in [1.165, 1.54) is 24.3 Å². The molecular weight excluding hydrogens is 1490 g/mol. The van der Waals surface area contributed by atoms with E-state index in [4.69, 9.17) is 18.9 Å². The number of aryl methyl sites for hydroxylation is 2. The number of anilines is 2. The second kappa shape index (κ2) is 33.4. The van der Waals surface area contributed by atoms with E-state index in [0.717, 1.165) is 48.2 Å². The summed E-state index contributed by atoms with van der Waals surface area (Å²) in [5.74, 6) is -4.62. The van der Waals surface area contributed by atoms with Gasteiger partial charge in [-0.3, -0.25) is 57.7 Å². The Balaban J connectivity index is 0.998. The van der Waals surface area contributed by atoms with Crippen LogP contribution in [0, 0.1) is 0 Å². The standard InChI is InChI=1S/C98H82N6O14/c1-55(2)77(105)27-13-17-59-29-37-65(38-30-59)115-79-49-71-85-72(96(112)103(95(71)111)53-83(107)101-75-25-15-21-63-19-9-11-23-69(63)75)50-80(116-66-39-31-60(32-40-66)18-14-28-78(106)56(3)4)88-90-82(118-68-43-35-62(36-44-68)46-48-100-94(110)58(7)8)52-74-86-73(97(113)104(98(74)114)54-84(108)102-76-26-16-22-64-20-10-12-24-70(64)76)51-81(89(92(86)90)87(79)91(85)88)117-67-41-33-61(34-42-67)45-47-99-93(109)57(5)6/h9-12,15-16,19-26,29-44,49-52H,1,3,5,7,13-14,17-18,27-28,45-48,53-54H2,2,4,6,8H3,(H,99,109)(H,100,110)(H,101,107)(H,102,108). The van der Waals surface area contributed by atoms with Gasteiger partial charge in [0.2, 0.25) is 23.6 Å². The van der Waals surface area contributed by atoms with Crippen molar-refractivity contribution in [1.82, 2.24) is 20.4 Å². The number of nitrogens with zero attached hydrogens (tertiary/aromatic N) is 2. The number of carbonyl (C=O) groups is 10. The van der Waals surface area contributed by atoms with E-state index in [0.29, 0.717) is 77.6 Å². The van der Waals surface area contributed by atoms with Gasteiger partial charge in [-0.2, -0.15) is 0 Å². The minimum absolute atomic E-state index is 0.00922. The first kappa shape index (κ1) is 78.6. The second-order valence-electron chi connectivity index (χ2n) is 29.9. The van der Waals surface area contributed by atoms with Crippen molar-refractivity contribution in [1.29, 1.82) is 0 Å². The lowest BCUT2D eigenvalue weighted by Gasteiger charge is -2.32. The highest BCUT2D eigenvalue weighted by Gasteiger charge is 2.43. The Hall–Kier alpha value is -14.7. The Labute approximate surface area is 679 Å². The molecule has 2 aliphatic heterocycles. The third-order valence-electron chi connectivity index (χ3n) is 21.3. The summed E-state index contributed by atoms with van der Waals surface area (Å²) in [6.45, 7) is 20.8. The van der Waals surface area contributed by atoms with Crippen molar-refractivity contribution in [2.45, 2.75) is 79.1 Å². The average molecular weight is 1570 g/mol. The van der Waals surface area contributed by atoms with Crippen molar-refractivity contribution < 1.29 is 66.9 Å². The van der Waals surface area contributed by atoms with Crippen molar-refractivity contribution in [2.24, 2.45) is 0 Å². The van der Waals surface area contributed by atoms with Gasteiger partial charge >= 0.3 is 0 Å². The number of benzene rings is 13. The minimum Gasteiger partial charge on any atom is -0.457 e. The Kier molecular flexibility index (Phi) is 22.3. The molecule has 0 bridgehead atoms. The predicted molar refractivity (Wildman–Crippen MR) is 458 cm³/mol. The molecule has 20 nitrogen and oxygen atoms in total. The van der Waals surface area contributed by atoms with E-state index in [1.807, 2.05) is 109 Å². The summed E-state index contributed by atoms with van der Waals surface area (Å²) in [7, 11) is 0. The summed E-state index contributed by atoms with van der Waals surface area (Å²) in [4.78, 5) is 147. The number of amides is 8. The Morgan fingerprint density at radius 1 is 0.331 bits per heavy atom. The van der Waals surface area contributed by atoms with Gasteiger partial charge in [-0.25, -0.2) is 0 Å². The summed E-state index contributed by atoms with van der Waals surface area (Å²) in [5.41, 5.74) is 5.56. The van der Waals surface area contributed by atoms with E-state index in [9.17, 15) is 28.8 Å². The van der Waals surface area contributed by atoms with Crippen LogP contribution in [0.5, 0.6) is 46.0 Å². The van der Waals surface area contributed by atoms with Crippen LogP contribution in [-0.2, 0) is 54.5 Å². The highest BCUT2D eigenvalue weighted by atomic mass is 16.5. The predicted octanol–water partition coefficient (Wildman–Crippen LogP) is 19.1. The Morgan fingerprint density at radius 2 is 0.619 bits per heavy atom. The fraction of sp³-hybridized carbons (Fsp3) is 0.163. The molecule has 15 rings (SSSR count). The number of fused-ring (bicyclic) bond motifs is 4. The van der Waals surface area contributed by atoms with Gasteiger partial charge in [-0.15, -0.1) is 0 Å². The zero-order valence-electron chi connectivity index (χ0n) is 65.6. The maximum Gasteiger partial charge on any atom is 0.262 e. The van der Waals surface area contributed by atoms with Crippen molar-refractivity contribution in [2.75, 3.05) is 36.8 Å². The van der Waals surface area contributed by atoms with Crippen molar-refractivity contribution in [3.05, 3.63) is 299 Å². The van der Waals surface area contributed by atoms with Crippen molar-refractivity contribution >= 4 is 135 Å². The van der Waals surface area contributed by atoms with Crippen molar-refractivity contribution in [3.8, 4) is 46.0 Å². The van der Waals surface area contributed by atoms with E-state index < -0.39 is 48.5 Å². The maximum absolute atomic E-state index is 16.2. The fourth-order valence-corrected chi connectivity index (χ4v) is 15.2. The van der Waals surface area contributed by atoms with Crippen molar-refractivity contribution in [3.63, 3.8) is 0 Å². The maximum atomic E-state index is 16.2. The van der Waals surface area contributed by atoms with Crippen LogP contribution in [0.4, 0.5) is 11.4 Å². The zero-order chi connectivity index (χ0) is 82.7. The number of ketones is 2. The van der Waals surface area contributed by atoms with Crippen LogP contribution < -0.4 is 40.2 Å². The third-order valence-corrected chi connectivity index (χ3v) is 21.3. The van der Waals surface area contributed by atoms with Crippen LogP contribution in [0.1, 0.15) is 117 Å². The van der Waals surface area contributed by atoms with Crippen LogP contribution >= 0.6 is 0 Å². The van der Waals surface area contributed by atoms with Gasteiger partial charge in [0.05, 0.1) is 22.3 Å². The molecule has 0 aromatic heterocycles. The lowest BCUT2D eigenvalue weighted by atomic mass is 9.80. The lowest BCUT2D eigenvalue weighted by molar-refractivity contribution is -0.118. The third kappa shape index (κ3) is 16.2. The highest BCUT2D eigenvalue weighted by molar-refractivity contribution is 6.45. The first-order valence-electron chi connectivity index (χ1n) is 38.9. The fourth-order valence-electron chi connectivity index (χ4n) is 15.2. The van der Waals surface area contributed by atoms with Gasteiger partial charge in [0.15, 0.2) is 11.6 Å². The molecule has 588 valence electrons. The van der Waals surface area contributed by atoms with Crippen LogP contribution in [-0.4, -0.2) is 94.8 Å². The largest absolute Gasteiger partial charge is 0.457 e. The van der Waals surface area contributed by atoms with E-state index in [1.54, 1.807) is 100 Å². The summed E-state index contributed by atoms with van der Waals surface area (Å²) >= 11 is 0. The monoisotopic (exact) mass is 1570 g/mol. The van der Waals surface area contributed by atoms with Gasteiger partial charge in [0.25, 0.3) is 23.6 Å². The number of imide groups is 2. The van der Waals surface area contributed by atoms with Gasteiger partial charge in [-0.05, 0) is 195 Å². The van der Waals surface area contributed by atoms with Gasteiger partial charge in [0.1, 0.15) is 59.1 Å². The molecule has 0 spiro atoms. The number of rotatable bonds is 32. The molecule has 0 atom stereocenters. The molecule has 2 heterocycles. The molecule has 0 fully saturated rings. The number of hydrogen-bond donors (Lipinski definition) is 4. The molecule has 4 N–H and O–H groups in total. The molecule has 20 heteroatoms. The molecule has 2 aliphatic rings. The number of allylic oxidation sites excluding steroid dienone is 2. The number of carbonyl (C=O) groups excluding carboxylic acids is 10. The topological polar surface area (TPSA) is 262 Å². The zero-order valence-corrected chi connectivity index (χ0v) is 65.6. The van der Waals surface area contributed by atoms with E-state index in [-0.39, 0.29) is 161 Å². The summed E-state index contributed by atoms with van der Waals surface area (Å²) in [6, 6.07) is 60.3. The number of nitrogens with one attached hydrogen (secondary N) is 4. The second-order valence-corrected chi connectivity index (χ2v) is 29.9. The smallest absolute Gasteiger partial charge is 0.262 e.